The quantitative estimate of drug-likeness (QED) is 0.0568. The highest BCUT2D eigenvalue weighted by Crippen LogP contribution is 2.39. The van der Waals surface area contributed by atoms with Crippen LogP contribution < -0.4 is 0 Å². The molecule has 3 fully saturated rings. The van der Waals surface area contributed by atoms with E-state index in [2.05, 4.69) is 0 Å². The fourth-order valence-corrected chi connectivity index (χ4v) is 9.57. The molecule has 0 N–H and O–H groups in total. The molecule has 15 atom stereocenters. The van der Waals surface area contributed by atoms with E-state index in [-0.39, 0.29) is 33.0 Å². The lowest BCUT2D eigenvalue weighted by Crippen LogP contribution is -2.68. The molecule has 23 heteroatoms. The zero-order valence-corrected chi connectivity index (χ0v) is 47.0. The molecule has 0 amide bonds. The first-order valence-electron chi connectivity index (χ1n) is 26.9. The van der Waals surface area contributed by atoms with Crippen LogP contribution in [0.5, 0.6) is 0 Å². The number of carbonyl (C=O) groups is 7. The molecule has 3 aliphatic rings. The number of hydrogen-bond donors (Lipinski definition) is 0. The van der Waals surface area contributed by atoms with Crippen LogP contribution in [-0.4, -0.2) is 154 Å². The summed E-state index contributed by atoms with van der Waals surface area (Å²) in [4.78, 5) is 90.1. The first-order chi connectivity index (χ1) is 39.9. The van der Waals surface area contributed by atoms with E-state index in [0.29, 0.717) is 0 Å². The molecule has 83 heavy (non-hydrogen) atoms. The fourth-order valence-electron chi connectivity index (χ4n) is 9.57. The number of carbonyl (C=O) groups excluding carboxylic acids is 7. The average Bonchev–Trinajstić information content (AvgIpc) is 2.94. The van der Waals surface area contributed by atoms with Gasteiger partial charge >= 0.3 is 41.8 Å². The number of benzene rings is 4. The van der Waals surface area contributed by atoms with Gasteiger partial charge in [0.25, 0.3) is 0 Å². The molecule has 23 nitrogen and oxygen atoms in total. The van der Waals surface area contributed by atoms with Gasteiger partial charge in [-0.3, -0.25) is 33.6 Å². The van der Waals surface area contributed by atoms with Crippen LogP contribution in [0, 0.1) is 0 Å². The molecule has 0 radical (unpaired) electrons. The number of hydrogen-bond acceptors (Lipinski definition) is 23. The van der Waals surface area contributed by atoms with Gasteiger partial charge in [0, 0.05) is 48.5 Å². The minimum absolute atomic E-state index is 0.00445. The molecule has 448 valence electrons. The number of esters is 7. The third-order valence-corrected chi connectivity index (χ3v) is 13.0. The van der Waals surface area contributed by atoms with Crippen LogP contribution in [-0.2, 0) is 136 Å². The van der Waals surface area contributed by atoms with Gasteiger partial charge in [-0.2, -0.15) is 0 Å². The molecule has 3 aliphatic heterocycles. The Morgan fingerprint density at radius 3 is 1.04 bits per heavy atom. The van der Waals surface area contributed by atoms with E-state index in [4.69, 9.17) is 75.8 Å². The molecule has 4 aromatic rings. The second kappa shape index (κ2) is 31.5. The molecule has 0 spiro atoms. The summed E-state index contributed by atoms with van der Waals surface area (Å²) >= 11 is 0. The van der Waals surface area contributed by atoms with Crippen molar-refractivity contribution in [3.8, 4) is 0 Å². The molecule has 3 saturated heterocycles. The van der Waals surface area contributed by atoms with E-state index in [9.17, 15) is 33.6 Å². The lowest BCUT2D eigenvalue weighted by Gasteiger charge is -2.50. The van der Waals surface area contributed by atoms with Gasteiger partial charge in [-0.05, 0) is 22.3 Å². The SMILES string of the molecule is CC(=O)OC[C@H]1O[C@@H](O[C@H]2[C@H](OC(C)=O)[C@@H](OC(C)=O)[C@H](O[C@H]3[C@H](OCc4ccccc4)[C@@H](OCc4ccccc4)[C@H](OCc4ccccc4)O[C@@H]3COCc3ccccc3)O[C@@H]2COC(C)=O)[C@H](OC(C)=O)[C@@H](OC(C)=O)[C@@H]1OC(C)=O. The number of rotatable bonds is 26. The van der Waals surface area contributed by atoms with E-state index in [1.54, 1.807) is 0 Å². The Morgan fingerprint density at radius 1 is 0.313 bits per heavy atom. The van der Waals surface area contributed by atoms with Crippen molar-refractivity contribution in [3.63, 3.8) is 0 Å². The molecule has 7 rings (SSSR count). The summed E-state index contributed by atoms with van der Waals surface area (Å²) in [6, 6.07) is 37.5. The minimum Gasteiger partial charge on any atom is -0.463 e. The van der Waals surface area contributed by atoms with Crippen LogP contribution in [0.2, 0.25) is 0 Å². The summed E-state index contributed by atoms with van der Waals surface area (Å²) in [7, 11) is 0. The maximum absolute atomic E-state index is 13.5. The maximum Gasteiger partial charge on any atom is 0.303 e. The van der Waals surface area contributed by atoms with Crippen molar-refractivity contribution in [3.05, 3.63) is 144 Å². The summed E-state index contributed by atoms with van der Waals surface area (Å²) in [6.45, 7) is 6.26. The zero-order chi connectivity index (χ0) is 59.4. The van der Waals surface area contributed by atoms with Crippen molar-refractivity contribution < 1.29 is 109 Å². The monoisotopic (exact) mass is 1160 g/mol. The van der Waals surface area contributed by atoms with Gasteiger partial charge in [0.1, 0.15) is 55.9 Å². The minimum atomic E-state index is -1.92. The van der Waals surface area contributed by atoms with Gasteiger partial charge in [-0.15, -0.1) is 0 Å². The summed E-state index contributed by atoms with van der Waals surface area (Å²) in [5.41, 5.74) is 3.23. The van der Waals surface area contributed by atoms with Crippen LogP contribution in [0.15, 0.2) is 121 Å². The Labute approximate surface area is 480 Å². The molecular formula is C60H70O23. The first kappa shape index (κ1) is 63.4. The molecule has 0 aliphatic carbocycles. The van der Waals surface area contributed by atoms with E-state index >= 15 is 0 Å². The van der Waals surface area contributed by atoms with Crippen molar-refractivity contribution in [1.29, 1.82) is 0 Å². The lowest BCUT2D eigenvalue weighted by atomic mass is 9.95. The first-order valence-corrected chi connectivity index (χ1v) is 26.9. The van der Waals surface area contributed by atoms with Crippen molar-refractivity contribution >= 4 is 41.8 Å². The molecule has 0 aromatic heterocycles. The summed E-state index contributed by atoms with van der Waals surface area (Å²) in [6.07, 6.45) is -23.1. The van der Waals surface area contributed by atoms with E-state index in [0.717, 1.165) is 70.7 Å². The van der Waals surface area contributed by atoms with Gasteiger partial charge in [0.2, 0.25) is 0 Å². The second-order valence-corrected chi connectivity index (χ2v) is 19.6. The van der Waals surface area contributed by atoms with Crippen LogP contribution in [0.4, 0.5) is 0 Å². The third kappa shape index (κ3) is 19.2. The molecule has 3 heterocycles. The molecule has 0 bridgehead atoms. The molecule has 0 saturated carbocycles. The summed E-state index contributed by atoms with van der Waals surface area (Å²) in [5.74, 6) is -6.22. The Morgan fingerprint density at radius 2 is 0.627 bits per heavy atom. The molecule has 4 aromatic carbocycles. The van der Waals surface area contributed by atoms with Gasteiger partial charge in [-0.25, -0.2) is 0 Å². The summed E-state index contributed by atoms with van der Waals surface area (Å²) in [5, 5.41) is 0. The van der Waals surface area contributed by atoms with E-state index in [1.165, 1.54) is 0 Å². The predicted octanol–water partition coefficient (Wildman–Crippen LogP) is 5.32. The molecule has 0 unspecified atom stereocenters. The van der Waals surface area contributed by atoms with Gasteiger partial charge < -0.3 is 75.8 Å². The zero-order valence-electron chi connectivity index (χ0n) is 47.0. The maximum atomic E-state index is 13.5. The highest BCUT2D eigenvalue weighted by atomic mass is 16.8. The Balaban J connectivity index is 1.34. The largest absolute Gasteiger partial charge is 0.463 e. The standard InChI is InChI=1S/C60H70O23/c1-35(61)69-33-47-50(74-37(3)63)53(75-38(4)64)56(77-40(6)66)60(80-47)83-51-48(34-70-36(2)62)81-59(57(78-41(7)67)54(51)76-39(5)65)82-49-46(32-68-28-42-20-12-8-13-21-42)79-58(73-31-45-26-18-11-19-27-45)55(72-30-44-24-16-10-17-25-44)52(49)71-29-43-22-14-9-15-23-43/h8-27,46-60H,28-34H2,1-7H3/t46-,47-,48-,49-,50-,51-,52+,53+,54+,55-,56-,57-,58-,59+,60+/m1/s1. The highest BCUT2D eigenvalue weighted by molar-refractivity contribution is 5.69. The van der Waals surface area contributed by atoms with Crippen LogP contribution in [0.1, 0.15) is 70.7 Å². The third-order valence-electron chi connectivity index (χ3n) is 13.0. The van der Waals surface area contributed by atoms with Crippen molar-refractivity contribution in [1.82, 2.24) is 0 Å². The smallest absolute Gasteiger partial charge is 0.303 e. The van der Waals surface area contributed by atoms with Crippen LogP contribution in [0.25, 0.3) is 0 Å². The van der Waals surface area contributed by atoms with Crippen molar-refractivity contribution in [2.75, 3.05) is 19.8 Å². The Hall–Kier alpha value is -7.19. The second-order valence-electron chi connectivity index (χ2n) is 19.6. The summed E-state index contributed by atoms with van der Waals surface area (Å²) < 4.78 is 100. The average molecular weight is 1160 g/mol. The topological polar surface area (TPSA) is 267 Å². The fraction of sp³-hybridized carbons (Fsp3) is 0.483. The van der Waals surface area contributed by atoms with E-state index in [1.807, 2.05) is 121 Å². The van der Waals surface area contributed by atoms with Crippen molar-refractivity contribution in [2.24, 2.45) is 0 Å². The van der Waals surface area contributed by atoms with Gasteiger partial charge in [-0.1, -0.05) is 121 Å². The van der Waals surface area contributed by atoms with Crippen molar-refractivity contribution in [2.45, 2.75) is 167 Å². The highest BCUT2D eigenvalue weighted by Gasteiger charge is 2.59. The van der Waals surface area contributed by atoms with Crippen LogP contribution >= 0.6 is 0 Å². The Bertz CT molecular complexity index is 2710. The van der Waals surface area contributed by atoms with Gasteiger partial charge in [0.15, 0.2) is 49.4 Å². The van der Waals surface area contributed by atoms with Gasteiger partial charge in [0.05, 0.1) is 33.0 Å². The lowest BCUT2D eigenvalue weighted by molar-refractivity contribution is -0.385. The predicted molar refractivity (Wildman–Crippen MR) is 284 cm³/mol. The van der Waals surface area contributed by atoms with E-state index < -0.39 is 147 Å². The number of ether oxygens (including phenoxy) is 16. The Kier molecular flexibility index (Phi) is 24.0. The molecular weight excluding hydrogens is 1090 g/mol. The van der Waals surface area contributed by atoms with Crippen LogP contribution in [0.3, 0.4) is 0 Å². The normalized spacial score (nSPS) is 27.7.